The number of carbonyl (C=O) groups is 3. The average molecular weight is 396 g/mol. The summed E-state index contributed by atoms with van der Waals surface area (Å²) in [6.45, 7) is 2.20. The molecule has 2 saturated heterocycles. The first-order valence-corrected chi connectivity index (χ1v) is 10.8. The lowest BCUT2D eigenvalue weighted by Gasteiger charge is -2.29. The molecule has 3 N–H and O–H groups in total. The molecule has 1 saturated carbocycles. The Labute approximate surface area is 170 Å². The summed E-state index contributed by atoms with van der Waals surface area (Å²) < 4.78 is 0. The first kappa shape index (κ1) is 18.8. The third-order valence-corrected chi connectivity index (χ3v) is 7.10. The number of rotatable bonds is 4. The Kier molecular flexibility index (Phi) is 4.87. The highest BCUT2D eigenvalue weighted by Gasteiger charge is 2.39. The SMILES string of the molecule is O=C1CCC(N2Cc3ccc(CNC4CNC5CCCCC54)cc3C2=O)C(=O)N1. The van der Waals surface area contributed by atoms with Gasteiger partial charge in [-0.1, -0.05) is 25.0 Å². The van der Waals surface area contributed by atoms with Crippen molar-refractivity contribution in [2.45, 2.75) is 69.7 Å². The van der Waals surface area contributed by atoms with E-state index < -0.39 is 6.04 Å². The molecule has 0 spiro atoms. The molecule has 1 aliphatic carbocycles. The molecule has 4 unspecified atom stereocenters. The van der Waals surface area contributed by atoms with E-state index in [1.807, 2.05) is 12.1 Å². The highest BCUT2D eigenvalue weighted by atomic mass is 16.2. The number of fused-ring (bicyclic) bond motifs is 2. The fraction of sp³-hybridized carbons (Fsp3) is 0.591. The smallest absolute Gasteiger partial charge is 0.255 e. The molecule has 3 heterocycles. The van der Waals surface area contributed by atoms with E-state index >= 15 is 0 Å². The summed E-state index contributed by atoms with van der Waals surface area (Å²) >= 11 is 0. The lowest BCUT2D eigenvalue weighted by Crippen LogP contribution is -2.52. The Morgan fingerprint density at radius 3 is 2.83 bits per heavy atom. The molecular weight excluding hydrogens is 368 g/mol. The predicted molar refractivity (Wildman–Crippen MR) is 107 cm³/mol. The minimum absolute atomic E-state index is 0.105. The maximum absolute atomic E-state index is 13.0. The van der Waals surface area contributed by atoms with Crippen LogP contribution in [-0.2, 0) is 22.7 Å². The van der Waals surface area contributed by atoms with Gasteiger partial charge in [0.15, 0.2) is 0 Å². The van der Waals surface area contributed by atoms with Crippen LogP contribution in [0, 0.1) is 5.92 Å². The summed E-state index contributed by atoms with van der Waals surface area (Å²) in [6, 6.07) is 6.65. The van der Waals surface area contributed by atoms with Crippen LogP contribution >= 0.6 is 0 Å². The molecule has 3 amide bonds. The minimum atomic E-state index is -0.554. The molecule has 0 bridgehead atoms. The lowest BCUT2D eigenvalue weighted by molar-refractivity contribution is -0.136. The number of hydrogen-bond donors (Lipinski definition) is 3. The fourth-order valence-corrected chi connectivity index (χ4v) is 5.51. The van der Waals surface area contributed by atoms with Crippen molar-refractivity contribution >= 4 is 17.7 Å². The molecule has 1 aromatic rings. The largest absolute Gasteiger partial charge is 0.322 e. The second kappa shape index (κ2) is 7.54. The Hall–Kier alpha value is -2.25. The van der Waals surface area contributed by atoms with Crippen LogP contribution in [0.4, 0.5) is 0 Å². The van der Waals surface area contributed by atoms with Gasteiger partial charge in [-0.25, -0.2) is 0 Å². The molecule has 3 fully saturated rings. The zero-order chi connectivity index (χ0) is 20.0. The molecule has 0 radical (unpaired) electrons. The van der Waals surface area contributed by atoms with Gasteiger partial charge in [0.25, 0.3) is 5.91 Å². The number of amides is 3. The molecule has 0 aromatic heterocycles. The van der Waals surface area contributed by atoms with Gasteiger partial charge >= 0.3 is 0 Å². The maximum atomic E-state index is 13.0. The van der Waals surface area contributed by atoms with Crippen LogP contribution in [0.5, 0.6) is 0 Å². The molecule has 154 valence electrons. The van der Waals surface area contributed by atoms with Gasteiger partial charge in [0.2, 0.25) is 11.8 Å². The van der Waals surface area contributed by atoms with Crippen LogP contribution in [0.3, 0.4) is 0 Å². The van der Waals surface area contributed by atoms with Gasteiger partial charge in [-0.2, -0.15) is 0 Å². The zero-order valence-electron chi connectivity index (χ0n) is 16.6. The number of piperidine rings is 1. The van der Waals surface area contributed by atoms with Crippen LogP contribution in [0.15, 0.2) is 18.2 Å². The van der Waals surface area contributed by atoms with E-state index in [-0.39, 0.29) is 24.1 Å². The molecule has 5 rings (SSSR count). The van der Waals surface area contributed by atoms with Crippen molar-refractivity contribution in [2.75, 3.05) is 6.54 Å². The van der Waals surface area contributed by atoms with Crippen molar-refractivity contribution in [3.63, 3.8) is 0 Å². The maximum Gasteiger partial charge on any atom is 0.255 e. The molecule has 4 aliphatic rings. The van der Waals surface area contributed by atoms with Crippen LogP contribution in [0.25, 0.3) is 0 Å². The third kappa shape index (κ3) is 3.46. The van der Waals surface area contributed by atoms with Crippen molar-refractivity contribution in [1.82, 2.24) is 20.9 Å². The van der Waals surface area contributed by atoms with E-state index in [0.717, 1.165) is 24.2 Å². The van der Waals surface area contributed by atoms with Crippen molar-refractivity contribution in [2.24, 2.45) is 5.92 Å². The fourth-order valence-electron chi connectivity index (χ4n) is 5.51. The number of carbonyl (C=O) groups excluding carboxylic acids is 3. The van der Waals surface area contributed by atoms with Crippen LogP contribution < -0.4 is 16.0 Å². The summed E-state index contributed by atoms with van der Waals surface area (Å²) in [6.07, 6.45) is 5.91. The summed E-state index contributed by atoms with van der Waals surface area (Å²) in [4.78, 5) is 38.1. The Morgan fingerprint density at radius 2 is 1.97 bits per heavy atom. The Bertz CT molecular complexity index is 854. The second-order valence-electron chi connectivity index (χ2n) is 8.84. The van der Waals surface area contributed by atoms with E-state index in [0.29, 0.717) is 36.5 Å². The molecular formula is C22H28N4O3. The molecule has 7 heteroatoms. The van der Waals surface area contributed by atoms with Gasteiger partial charge in [-0.3, -0.25) is 19.7 Å². The normalized spacial score (nSPS) is 31.6. The van der Waals surface area contributed by atoms with E-state index in [9.17, 15) is 14.4 Å². The minimum Gasteiger partial charge on any atom is -0.322 e. The van der Waals surface area contributed by atoms with Crippen LogP contribution in [0.2, 0.25) is 0 Å². The first-order chi connectivity index (χ1) is 14.1. The second-order valence-corrected chi connectivity index (χ2v) is 8.84. The van der Waals surface area contributed by atoms with E-state index in [4.69, 9.17) is 0 Å². The summed E-state index contributed by atoms with van der Waals surface area (Å²) in [5, 5.41) is 9.71. The number of hydrogen-bond acceptors (Lipinski definition) is 5. The first-order valence-electron chi connectivity index (χ1n) is 10.8. The van der Waals surface area contributed by atoms with Gasteiger partial charge in [0.05, 0.1) is 0 Å². The Morgan fingerprint density at radius 1 is 1.10 bits per heavy atom. The number of benzene rings is 1. The molecule has 7 nitrogen and oxygen atoms in total. The molecule has 3 aliphatic heterocycles. The van der Waals surface area contributed by atoms with Crippen LogP contribution in [0.1, 0.15) is 60.0 Å². The van der Waals surface area contributed by atoms with Crippen molar-refractivity contribution in [1.29, 1.82) is 0 Å². The van der Waals surface area contributed by atoms with E-state index in [1.165, 1.54) is 25.7 Å². The number of imide groups is 1. The van der Waals surface area contributed by atoms with Gasteiger partial charge in [0.1, 0.15) is 6.04 Å². The Balaban J connectivity index is 1.25. The van der Waals surface area contributed by atoms with Crippen molar-refractivity contribution in [3.8, 4) is 0 Å². The molecule has 1 aromatic carbocycles. The van der Waals surface area contributed by atoms with Crippen molar-refractivity contribution < 1.29 is 14.4 Å². The van der Waals surface area contributed by atoms with Gasteiger partial charge in [-0.05, 0) is 42.4 Å². The van der Waals surface area contributed by atoms with Crippen LogP contribution in [-0.4, -0.2) is 47.3 Å². The highest BCUT2D eigenvalue weighted by molar-refractivity contribution is 6.05. The standard InChI is InChI=1S/C22H28N4O3/c27-20-8-7-19(21(28)25-20)26-12-14-6-5-13(9-16(14)22(26)29)10-23-18-11-24-17-4-2-1-3-15(17)18/h5-6,9,15,17-19,23-24H,1-4,7-8,10-12H2,(H,25,27,28). The van der Waals surface area contributed by atoms with Crippen molar-refractivity contribution in [3.05, 3.63) is 34.9 Å². The summed E-state index contributed by atoms with van der Waals surface area (Å²) in [5.41, 5.74) is 2.74. The summed E-state index contributed by atoms with van der Waals surface area (Å²) in [5.74, 6) is -0.0144. The van der Waals surface area contributed by atoms with E-state index in [2.05, 4.69) is 22.0 Å². The lowest BCUT2D eigenvalue weighted by atomic mass is 9.83. The predicted octanol–water partition coefficient (Wildman–Crippen LogP) is 1.07. The molecule has 4 atom stereocenters. The third-order valence-electron chi connectivity index (χ3n) is 7.10. The number of nitrogens with zero attached hydrogens (tertiary/aromatic N) is 1. The highest BCUT2D eigenvalue weighted by Crippen LogP contribution is 2.31. The number of nitrogens with one attached hydrogen (secondary N) is 3. The molecule has 29 heavy (non-hydrogen) atoms. The summed E-state index contributed by atoms with van der Waals surface area (Å²) in [7, 11) is 0. The zero-order valence-corrected chi connectivity index (χ0v) is 16.6. The van der Waals surface area contributed by atoms with Gasteiger partial charge in [0, 0.05) is 43.7 Å². The van der Waals surface area contributed by atoms with Gasteiger partial charge < -0.3 is 15.5 Å². The average Bonchev–Trinajstić information content (AvgIpc) is 3.28. The van der Waals surface area contributed by atoms with E-state index in [1.54, 1.807) is 4.90 Å². The quantitative estimate of drug-likeness (QED) is 0.663. The topological polar surface area (TPSA) is 90.5 Å². The monoisotopic (exact) mass is 396 g/mol. The van der Waals surface area contributed by atoms with Gasteiger partial charge in [-0.15, -0.1) is 0 Å².